The first-order valence-corrected chi connectivity index (χ1v) is 10.1. The maximum absolute atomic E-state index is 10.7. The van der Waals surface area contributed by atoms with Crippen molar-refractivity contribution >= 4 is 5.91 Å². The molecule has 1 aromatic heterocycles. The quantitative estimate of drug-likeness (QED) is 0.341. The van der Waals surface area contributed by atoms with Crippen molar-refractivity contribution in [2.75, 3.05) is 0 Å². The molecule has 2 rings (SSSR count). The Kier molecular flexibility index (Phi) is 8.96. The summed E-state index contributed by atoms with van der Waals surface area (Å²) in [6.45, 7) is 1.89. The number of aliphatic hydroxyl groups is 3. The fourth-order valence-corrected chi connectivity index (χ4v) is 3.73. The smallest absolute Gasteiger partial charge is 0.217 e. The highest BCUT2D eigenvalue weighted by Gasteiger charge is 2.39. The minimum atomic E-state index is -0.625. The number of rotatable bonds is 11. The minimum absolute atomic E-state index is 0.0847. The molecule has 1 amide bonds. The molecule has 1 aliphatic rings. The van der Waals surface area contributed by atoms with Gasteiger partial charge in [-0.15, -0.1) is 0 Å². The molecule has 5 N–H and O–H groups in total. The van der Waals surface area contributed by atoms with E-state index in [-0.39, 0.29) is 17.7 Å². The average molecular weight is 392 g/mol. The number of hydrogen-bond donors (Lipinski definition) is 4. The van der Waals surface area contributed by atoms with E-state index in [1.54, 1.807) is 6.08 Å². The third kappa shape index (κ3) is 7.26. The van der Waals surface area contributed by atoms with Gasteiger partial charge >= 0.3 is 0 Å². The van der Waals surface area contributed by atoms with Crippen LogP contribution in [0.3, 0.4) is 0 Å². The molecule has 0 bridgehead atoms. The molecule has 1 fully saturated rings. The molecule has 4 unspecified atom stereocenters. The van der Waals surface area contributed by atoms with Crippen LogP contribution in [0.1, 0.15) is 50.0 Å². The lowest BCUT2D eigenvalue weighted by Gasteiger charge is -2.19. The second-order valence-electron chi connectivity index (χ2n) is 7.68. The largest absolute Gasteiger partial charge is 0.466 e. The van der Waals surface area contributed by atoms with Crippen LogP contribution >= 0.6 is 0 Å². The molecule has 0 spiro atoms. The van der Waals surface area contributed by atoms with Crippen molar-refractivity contribution in [3.63, 3.8) is 0 Å². The van der Waals surface area contributed by atoms with E-state index in [1.807, 2.05) is 37.3 Å². The topological polar surface area (TPSA) is 117 Å². The first-order valence-electron chi connectivity index (χ1n) is 10.1. The van der Waals surface area contributed by atoms with E-state index in [1.165, 1.54) is 0 Å². The van der Waals surface area contributed by atoms with Gasteiger partial charge in [-0.1, -0.05) is 24.3 Å². The highest BCUT2D eigenvalue weighted by atomic mass is 16.3. The van der Waals surface area contributed by atoms with Gasteiger partial charge in [-0.2, -0.15) is 0 Å². The summed E-state index contributed by atoms with van der Waals surface area (Å²) < 4.78 is 5.50. The van der Waals surface area contributed by atoms with Crippen LogP contribution in [-0.2, 0) is 11.2 Å². The van der Waals surface area contributed by atoms with Gasteiger partial charge in [0.05, 0.1) is 18.3 Å². The number of unbranched alkanes of at least 4 members (excludes halogenated alkanes) is 1. The van der Waals surface area contributed by atoms with E-state index in [9.17, 15) is 20.1 Å². The number of furan rings is 1. The summed E-state index contributed by atoms with van der Waals surface area (Å²) in [6, 6.07) is 3.81. The van der Waals surface area contributed by atoms with Gasteiger partial charge in [-0.25, -0.2) is 0 Å². The van der Waals surface area contributed by atoms with E-state index in [0.29, 0.717) is 38.5 Å². The van der Waals surface area contributed by atoms with Crippen LogP contribution in [0.25, 0.3) is 0 Å². The Morgan fingerprint density at radius 1 is 1.32 bits per heavy atom. The van der Waals surface area contributed by atoms with E-state index >= 15 is 0 Å². The summed E-state index contributed by atoms with van der Waals surface area (Å²) in [5, 5.41) is 30.7. The molecule has 1 aromatic rings. The highest BCUT2D eigenvalue weighted by Crippen LogP contribution is 2.36. The molecule has 5 atom stereocenters. The Morgan fingerprint density at radius 2 is 2.11 bits per heavy atom. The molecule has 1 heterocycles. The Balaban J connectivity index is 1.81. The molecule has 0 radical (unpaired) electrons. The number of primary amides is 1. The van der Waals surface area contributed by atoms with Crippen molar-refractivity contribution in [1.29, 1.82) is 0 Å². The predicted octanol–water partition coefficient (Wildman–Crippen LogP) is 2.40. The molecule has 28 heavy (non-hydrogen) atoms. The van der Waals surface area contributed by atoms with Gasteiger partial charge < -0.3 is 25.5 Å². The van der Waals surface area contributed by atoms with Gasteiger partial charge in [0, 0.05) is 25.2 Å². The minimum Gasteiger partial charge on any atom is -0.466 e. The maximum Gasteiger partial charge on any atom is 0.217 e. The molecule has 0 aliphatic heterocycles. The normalized spacial score (nSPS) is 26.4. The monoisotopic (exact) mass is 391 g/mol. The van der Waals surface area contributed by atoms with E-state index in [2.05, 4.69) is 0 Å². The standard InChI is InChI=1S/C22H33NO5/c1-15-8-11-17(28-15)12-9-16(24)10-13-19-18(20(25)14-21(19)26)6-4-2-3-5-7-22(23)27/h2,4,8,10-11,13,16,18-21,24-26H,3,5-7,9,12,14H2,1H3,(H2,23,27)/b4-2-,13-10+/t16?,18-,19?,20?,21?/m1/s1. The number of allylic oxidation sites excluding steroid dienone is 2. The Bertz CT molecular complexity index is 666. The molecular formula is C22H33NO5. The summed E-state index contributed by atoms with van der Waals surface area (Å²) in [6.07, 6.45) is 9.75. The Morgan fingerprint density at radius 3 is 2.79 bits per heavy atom. The third-order valence-electron chi connectivity index (χ3n) is 5.32. The maximum atomic E-state index is 10.7. The van der Waals surface area contributed by atoms with Crippen molar-refractivity contribution in [3.05, 3.63) is 48.0 Å². The SMILES string of the molecule is Cc1ccc(CCC(O)/C=C/C2C(O)CC(O)[C@@H]2C/C=C\CCCC(N)=O)o1. The van der Waals surface area contributed by atoms with E-state index in [0.717, 1.165) is 17.9 Å². The highest BCUT2D eigenvalue weighted by molar-refractivity contribution is 5.73. The van der Waals surface area contributed by atoms with Crippen LogP contribution in [0.4, 0.5) is 0 Å². The molecule has 1 aliphatic carbocycles. The summed E-state index contributed by atoms with van der Waals surface area (Å²) in [4.78, 5) is 10.7. The number of aliphatic hydroxyl groups excluding tert-OH is 3. The van der Waals surface area contributed by atoms with Gasteiger partial charge in [-0.05, 0) is 50.7 Å². The first kappa shape index (κ1) is 22.4. The number of carbonyl (C=O) groups excluding carboxylic acids is 1. The number of nitrogens with two attached hydrogens (primary N) is 1. The lowest BCUT2D eigenvalue weighted by molar-refractivity contribution is -0.118. The second kappa shape index (κ2) is 11.2. The molecule has 1 saturated carbocycles. The summed E-state index contributed by atoms with van der Waals surface area (Å²) in [5.41, 5.74) is 5.11. The number of carbonyl (C=O) groups is 1. The van der Waals surface area contributed by atoms with Gasteiger partial charge in [0.2, 0.25) is 5.91 Å². The van der Waals surface area contributed by atoms with Crippen molar-refractivity contribution < 1.29 is 24.5 Å². The van der Waals surface area contributed by atoms with Crippen LogP contribution in [0, 0.1) is 18.8 Å². The molecule has 6 heteroatoms. The average Bonchev–Trinajstić information content (AvgIpc) is 3.16. The van der Waals surface area contributed by atoms with Crippen LogP contribution in [0.2, 0.25) is 0 Å². The fraction of sp³-hybridized carbons (Fsp3) is 0.591. The Labute approximate surface area is 166 Å². The lowest BCUT2D eigenvalue weighted by atomic mass is 9.89. The number of aryl methyl sites for hydroxylation is 2. The van der Waals surface area contributed by atoms with Crippen LogP contribution in [0.5, 0.6) is 0 Å². The van der Waals surface area contributed by atoms with Crippen molar-refractivity contribution in [2.24, 2.45) is 17.6 Å². The fourth-order valence-electron chi connectivity index (χ4n) is 3.73. The zero-order valence-corrected chi connectivity index (χ0v) is 16.5. The molecule has 0 saturated heterocycles. The van der Waals surface area contributed by atoms with Gasteiger partial charge in [0.25, 0.3) is 0 Å². The van der Waals surface area contributed by atoms with Crippen molar-refractivity contribution in [1.82, 2.24) is 0 Å². The zero-order valence-electron chi connectivity index (χ0n) is 16.5. The lowest BCUT2D eigenvalue weighted by Crippen LogP contribution is -2.20. The van der Waals surface area contributed by atoms with Crippen molar-refractivity contribution in [3.8, 4) is 0 Å². The van der Waals surface area contributed by atoms with Crippen LogP contribution in [-0.4, -0.2) is 39.5 Å². The van der Waals surface area contributed by atoms with E-state index in [4.69, 9.17) is 10.2 Å². The predicted molar refractivity (Wildman–Crippen MR) is 107 cm³/mol. The first-order chi connectivity index (χ1) is 13.4. The number of hydrogen-bond acceptors (Lipinski definition) is 5. The number of amides is 1. The van der Waals surface area contributed by atoms with Crippen molar-refractivity contribution in [2.45, 2.75) is 70.2 Å². The summed E-state index contributed by atoms with van der Waals surface area (Å²) >= 11 is 0. The Hall–Kier alpha value is -1.89. The second-order valence-corrected chi connectivity index (χ2v) is 7.68. The van der Waals surface area contributed by atoms with Crippen LogP contribution < -0.4 is 5.73 Å². The molecule has 156 valence electrons. The van der Waals surface area contributed by atoms with Gasteiger partial charge in [0.1, 0.15) is 11.5 Å². The van der Waals surface area contributed by atoms with E-state index < -0.39 is 18.3 Å². The van der Waals surface area contributed by atoms with Gasteiger partial charge in [-0.3, -0.25) is 4.79 Å². The summed E-state index contributed by atoms with van der Waals surface area (Å²) in [5.74, 6) is 1.13. The molecule has 6 nitrogen and oxygen atoms in total. The molecular weight excluding hydrogens is 358 g/mol. The molecule has 0 aromatic carbocycles. The van der Waals surface area contributed by atoms with Gasteiger partial charge in [0.15, 0.2) is 0 Å². The zero-order chi connectivity index (χ0) is 20.5. The van der Waals surface area contributed by atoms with Crippen LogP contribution in [0.15, 0.2) is 40.9 Å². The third-order valence-corrected chi connectivity index (χ3v) is 5.32. The summed E-state index contributed by atoms with van der Waals surface area (Å²) in [7, 11) is 0.